The van der Waals surface area contributed by atoms with E-state index >= 15 is 0 Å². The molecule has 1 rings (SSSR count). The fraction of sp³-hybridized carbons (Fsp3) is 0.333. The van der Waals surface area contributed by atoms with E-state index in [0.717, 1.165) is 17.8 Å². The third kappa shape index (κ3) is 3.40. The number of para-hydroxylation sites is 1. The van der Waals surface area contributed by atoms with Crippen LogP contribution in [0, 0.1) is 20.2 Å². The van der Waals surface area contributed by atoms with Crippen LogP contribution >= 0.6 is 11.8 Å². The molecule has 1 aromatic rings. The second-order valence-electron chi connectivity index (χ2n) is 3.06. The number of aliphatic hydroxyl groups is 1. The fourth-order valence-electron chi connectivity index (χ4n) is 1.20. The predicted molar refractivity (Wildman–Crippen MR) is 62.2 cm³/mol. The quantitative estimate of drug-likeness (QED) is 0.362. The first-order valence-corrected chi connectivity index (χ1v) is 5.72. The molecule has 0 radical (unpaired) electrons. The van der Waals surface area contributed by atoms with Gasteiger partial charge in [0.15, 0.2) is 0 Å². The minimum absolute atomic E-state index is 0.0181. The Balaban J connectivity index is 3.07. The summed E-state index contributed by atoms with van der Waals surface area (Å²) in [5.74, 6) is 0.471. The van der Waals surface area contributed by atoms with E-state index in [1.807, 2.05) is 0 Å². The summed E-state index contributed by atoms with van der Waals surface area (Å²) in [5.41, 5.74) is -0.996. The van der Waals surface area contributed by atoms with Crippen LogP contribution < -0.4 is 0 Å². The van der Waals surface area contributed by atoms with Gasteiger partial charge in [0.25, 0.3) is 0 Å². The molecular formula is C9H10N2O5S. The molecule has 0 bridgehead atoms. The van der Waals surface area contributed by atoms with E-state index in [0.29, 0.717) is 12.2 Å². The van der Waals surface area contributed by atoms with Gasteiger partial charge in [0.05, 0.1) is 14.7 Å². The first kappa shape index (κ1) is 13.4. The molecule has 0 aliphatic heterocycles. The molecule has 0 fully saturated rings. The van der Waals surface area contributed by atoms with Gasteiger partial charge in [0, 0.05) is 18.4 Å². The highest BCUT2D eigenvalue weighted by atomic mass is 32.2. The van der Waals surface area contributed by atoms with Gasteiger partial charge in [0.2, 0.25) is 0 Å². The van der Waals surface area contributed by atoms with Crippen LogP contribution in [0.4, 0.5) is 11.4 Å². The van der Waals surface area contributed by atoms with E-state index in [9.17, 15) is 20.2 Å². The summed E-state index contributed by atoms with van der Waals surface area (Å²) in [5, 5.41) is 30.1. The fourth-order valence-corrected chi connectivity index (χ4v) is 2.19. The van der Waals surface area contributed by atoms with Crippen molar-refractivity contribution >= 4 is 23.1 Å². The zero-order valence-electron chi connectivity index (χ0n) is 8.74. The Morgan fingerprint density at radius 1 is 1.24 bits per heavy atom. The van der Waals surface area contributed by atoms with Crippen molar-refractivity contribution in [3.63, 3.8) is 0 Å². The molecule has 0 aliphatic carbocycles. The van der Waals surface area contributed by atoms with Crippen LogP contribution in [0.5, 0.6) is 0 Å². The highest BCUT2D eigenvalue weighted by Gasteiger charge is 2.27. The number of hydrogen-bond acceptors (Lipinski definition) is 6. The Kier molecular flexibility index (Phi) is 4.85. The van der Waals surface area contributed by atoms with Crippen molar-refractivity contribution in [3.05, 3.63) is 38.4 Å². The molecule has 1 aromatic carbocycles. The number of hydrogen-bond donors (Lipinski definition) is 1. The van der Waals surface area contributed by atoms with Crippen molar-refractivity contribution in [1.29, 1.82) is 0 Å². The topological polar surface area (TPSA) is 107 Å². The Labute approximate surface area is 101 Å². The van der Waals surface area contributed by atoms with Crippen LogP contribution in [-0.2, 0) is 0 Å². The number of aliphatic hydroxyl groups excluding tert-OH is 1. The third-order valence-electron chi connectivity index (χ3n) is 1.92. The van der Waals surface area contributed by atoms with E-state index in [1.54, 1.807) is 0 Å². The summed E-state index contributed by atoms with van der Waals surface area (Å²) < 4.78 is 0. The minimum Gasteiger partial charge on any atom is -0.396 e. The Morgan fingerprint density at radius 2 is 1.94 bits per heavy atom. The lowest BCUT2D eigenvalue weighted by atomic mass is 10.3. The first-order chi connectivity index (χ1) is 8.07. The van der Waals surface area contributed by atoms with Crippen LogP contribution in [-0.4, -0.2) is 27.3 Å². The maximum absolute atomic E-state index is 10.8. The Bertz CT molecular complexity index is 437. The lowest BCUT2D eigenvalue weighted by Crippen LogP contribution is -1.98. The molecule has 0 atom stereocenters. The van der Waals surface area contributed by atoms with Gasteiger partial charge in [0.1, 0.15) is 0 Å². The molecular weight excluding hydrogens is 248 g/mol. The average Bonchev–Trinajstić information content (AvgIpc) is 2.28. The second-order valence-corrected chi connectivity index (χ2v) is 4.20. The molecule has 0 unspecified atom stereocenters. The van der Waals surface area contributed by atoms with Gasteiger partial charge in [-0.3, -0.25) is 20.2 Å². The van der Waals surface area contributed by atoms with Crippen molar-refractivity contribution in [1.82, 2.24) is 0 Å². The van der Waals surface area contributed by atoms with Gasteiger partial charge >= 0.3 is 11.4 Å². The SMILES string of the molecule is O=[N+]([O-])c1cccc(SCCCO)c1[N+](=O)[O-]. The van der Waals surface area contributed by atoms with Crippen LogP contribution in [0.25, 0.3) is 0 Å². The molecule has 17 heavy (non-hydrogen) atoms. The second kappa shape index (κ2) is 6.16. The maximum atomic E-state index is 10.8. The molecule has 0 aromatic heterocycles. The van der Waals surface area contributed by atoms with Crippen molar-refractivity contribution in [2.45, 2.75) is 11.3 Å². The van der Waals surface area contributed by atoms with Gasteiger partial charge in [-0.1, -0.05) is 6.07 Å². The van der Waals surface area contributed by atoms with Crippen molar-refractivity contribution in [2.24, 2.45) is 0 Å². The zero-order chi connectivity index (χ0) is 12.8. The van der Waals surface area contributed by atoms with Crippen LogP contribution in [0.3, 0.4) is 0 Å². The van der Waals surface area contributed by atoms with E-state index < -0.39 is 21.2 Å². The number of nitrogens with zero attached hydrogens (tertiary/aromatic N) is 2. The Hall–Kier alpha value is -1.67. The van der Waals surface area contributed by atoms with Crippen LogP contribution in [0.1, 0.15) is 6.42 Å². The monoisotopic (exact) mass is 258 g/mol. The minimum atomic E-state index is -0.770. The molecule has 92 valence electrons. The van der Waals surface area contributed by atoms with Crippen molar-refractivity contribution in [3.8, 4) is 0 Å². The lowest BCUT2D eigenvalue weighted by molar-refractivity contribution is -0.424. The molecule has 0 heterocycles. The molecule has 1 N–H and O–H groups in total. The molecule has 0 saturated carbocycles. The largest absolute Gasteiger partial charge is 0.396 e. The van der Waals surface area contributed by atoms with Gasteiger partial charge in [-0.25, -0.2) is 0 Å². The standard InChI is InChI=1S/C9H10N2O5S/c12-5-2-6-17-8-4-1-3-7(10(13)14)9(8)11(15)16/h1,3-4,12H,2,5-6H2. The molecule has 0 amide bonds. The molecule has 0 spiro atoms. The number of thioether (sulfide) groups is 1. The number of nitro groups is 2. The zero-order valence-corrected chi connectivity index (χ0v) is 9.55. The molecule has 0 saturated heterocycles. The highest BCUT2D eigenvalue weighted by molar-refractivity contribution is 7.99. The number of nitro benzene ring substituents is 2. The Morgan fingerprint density at radius 3 is 2.47 bits per heavy atom. The van der Waals surface area contributed by atoms with Crippen molar-refractivity contribution < 1.29 is 15.0 Å². The summed E-state index contributed by atoms with van der Waals surface area (Å²) in [6.45, 7) is -0.0181. The van der Waals surface area contributed by atoms with Gasteiger partial charge in [-0.15, -0.1) is 11.8 Å². The summed E-state index contributed by atoms with van der Waals surface area (Å²) >= 11 is 1.13. The normalized spacial score (nSPS) is 10.2. The van der Waals surface area contributed by atoms with E-state index in [1.165, 1.54) is 12.1 Å². The summed E-state index contributed by atoms with van der Waals surface area (Å²) in [4.78, 5) is 20.2. The summed E-state index contributed by atoms with van der Waals surface area (Å²) in [7, 11) is 0. The van der Waals surface area contributed by atoms with Gasteiger partial charge < -0.3 is 5.11 Å². The van der Waals surface area contributed by atoms with Crippen LogP contribution in [0.2, 0.25) is 0 Å². The molecule has 8 heteroatoms. The molecule has 0 aliphatic rings. The van der Waals surface area contributed by atoms with E-state index in [2.05, 4.69) is 0 Å². The molecule has 7 nitrogen and oxygen atoms in total. The first-order valence-electron chi connectivity index (χ1n) is 4.73. The highest BCUT2D eigenvalue weighted by Crippen LogP contribution is 2.36. The van der Waals surface area contributed by atoms with Gasteiger partial charge in [-0.2, -0.15) is 0 Å². The van der Waals surface area contributed by atoms with Gasteiger partial charge in [-0.05, 0) is 12.5 Å². The summed E-state index contributed by atoms with van der Waals surface area (Å²) in [6.07, 6.45) is 0.477. The number of benzene rings is 1. The maximum Gasteiger partial charge on any atom is 0.359 e. The van der Waals surface area contributed by atoms with E-state index in [4.69, 9.17) is 5.11 Å². The predicted octanol–water partition coefficient (Wildman–Crippen LogP) is 1.98. The van der Waals surface area contributed by atoms with E-state index in [-0.39, 0.29) is 11.5 Å². The van der Waals surface area contributed by atoms with Crippen LogP contribution in [0.15, 0.2) is 23.1 Å². The number of rotatable bonds is 6. The smallest absolute Gasteiger partial charge is 0.359 e. The lowest BCUT2D eigenvalue weighted by Gasteiger charge is -2.02. The summed E-state index contributed by atoms with van der Waals surface area (Å²) in [6, 6.07) is 3.98. The average molecular weight is 258 g/mol. The third-order valence-corrected chi connectivity index (χ3v) is 3.05. The van der Waals surface area contributed by atoms with Crippen molar-refractivity contribution in [2.75, 3.05) is 12.4 Å².